The number of nitrogens with zero attached hydrogens (tertiary/aromatic N) is 1. The van der Waals surface area contributed by atoms with Gasteiger partial charge in [0.25, 0.3) is 0 Å². The van der Waals surface area contributed by atoms with E-state index in [9.17, 15) is 10.1 Å². The first-order valence-corrected chi connectivity index (χ1v) is 8.07. The van der Waals surface area contributed by atoms with Crippen molar-refractivity contribution in [1.29, 1.82) is 5.26 Å². The molecule has 0 saturated carbocycles. The van der Waals surface area contributed by atoms with Gasteiger partial charge in [0.15, 0.2) is 0 Å². The number of allylic oxidation sites excluding steroid dienone is 2. The normalized spacial score (nSPS) is 17.3. The molecule has 1 aromatic rings. The molecule has 0 bridgehead atoms. The van der Waals surface area contributed by atoms with Gasteiger partial charge in [-0.25, -0.2) is 4.79 Å². The quantitative estimate of drug-likeness (QED) is 0.838. The molecule has 0 aromatic heterocycles. The van der Waals surface area contributed by atoms with E-state index >= 15 is 0 Å². The Morgan fingerprint density at radius 1 is 1.33 bits per heavy atom. The van der Waals surface area contributed by atoms with Gasteiger partial charge in [0, 0.05) is 6.42 Å². The first-order chi connectivity index (χ1) is 11.5. The van der Waals surface area contributed by atoms with Crippen LogP contribution in [0, 0.1) is 18.3 Å². The number of carbonyl (C=O) groups is 1. The molecular weight excluding hydrogens is 304 g/mol. The number of carbonyl (C=O) groups excluding carboxylic acids is 1. The summed E-state index contributed by atoms with van der Waals surface area (Å²) >= 11 is 0. The second kappa shape index (κ2) is 7.69. The molecule has 1 atom stereocenters. The number of ether oxygens (including phenoxy) is 2. The van der Waals surface area contributed by atoms with E-state index in [0.29, 0.717) is 17.8 Å². The number of esters is 1. The molecule has 2 N–H and O–H groups in total. The van der Waals surface area contributed by atoms with E-state index in [2.05, 4.69) is 6.07 Å². The van der Waals surface area contributed by atoms with E-state index in [4.69, 9.17) is 15.2 Å². The number of nitriles is 1. The molecule has 0 aliphatic carbocycles. The van der Waals surface area contributed by atoms with Gasteiger partial charge in [0.2, 0.25) is 5.88 Å². The fraction of sp³-hybridized carbons (Fsp3) is 0.368. The predicted octanol–water partition coefficient (Wildman–Crippen LogP) is 3.42. The number of hydrogen-bond donors (Lipinski definition) is 1. The summed E-state index contributed by atoms with van der Waals surface area (Å²) in [7, 11) is 0. The number of nitrogens with two attached hydrogens (primary N) is 1. The Labute approximate surface area is 142 Å². The third-order valence-electron chi connectivity index (χ3n) is 3.88. The van der Waals surface area contributed by atoms with E-state index in [1.807, 2.05) is 38.1 Å². The van der Waals surface area contributed by atoms with Crippen molar-refractivity contribution in [3.8, 4) is 6.07 Å². The first-order valence-electron chi connectivity index (χ1n) is 8.07. The first kappa shape index (κ1) is 17.6. The lowest BCUT2D eigenvalue weighted by molar-refractivity contribution is -0.139. The molecule has 0 amide bonds. The third-order valence-corrected chi connectivity index (χ3v) is 3.88. The minimum Gasteiger partial charge on any atom is -0.463 e. The van der Waals surface area contributed by atoms with Gasteiger partial charge in [-0.1, -0.05) is 36.8 Å². The van der Waals surface area contributed by atoms with Gasteiger partial charge in [-0.2, -0.15) is 5.26 Å². The molecule has 1 heterocycles. The molecule has 0 fully saturated rings. The van der Waals surface area contributed by atoms with E-state index in [1.165, 1.54) is 0 Å². The van der Waals surface area contributed by atoms with Crippen LogP contribution in [0.15, 0.2) is 47.1 Å². The summed E-state index contributed by atoms with van der Waals surface area (Å²) in [5, 5.41) is 9.55. The fourth-order valence-electron chi connectivity index (χ4n) is 2.76. The highest BCUT2D eigenvalue weighted by molar-refractivity contribution is 5.92. The molecule has 0 saturated heterocycles. The van der Waals surface area contributed by atoms with Crippen LogP contribution in [-0.4, -0.2) is 12.6 Å². The average Bonchev–Trinajstić information content (AvgIpc) is 2.55. The zero-order valence-electron chi connectivity index (χ0n) is 14.3. The summed E-state index contributed by atoms with van der Waals surface area (Å²) in [5.74, 6) is -0.491. The van der Waals surface area contributed by atoms with E-state index in [0.717, 1.165) is 17.5 Å². The molecule has 0 spiro atoms. The Hall–Kier alpha value is -2.74. The van der Waals surface area contributed by atoms with Crippen LogP contribution in [0.4, 0.5) is 0 Å². The second-order valence-corrected chi connectivity index (χ2v) is 5.64. The van der Waals surface area contributed by atoms with E-state index in [1.54, 1.807) is 6.92 Å². The second-order valence-electron chi connectivity index (χ2n) is 5.64. The van der Waals surface area contributed by atoms with Gasteiger partial charge in [-0.05, 0) is 25.8 Å². The summed E-state index contributed by atoms with van der Waals surface area (Å²) in [4.78, 5) is 12.6. The largest absolute Gasteiger partial charge is 0.463 e. The monoisotopic (exact) mass is 326 g/mol. The zero-order chi connectivity index (χ0) is 17.7. The highest BCUT2D eigenvalue weighted by Gasteiger charge is 2.37. The van der Waals surface area contributed by atoms with Crippen LogP contribution < -0.4 is 5.73 Å². The summed E-state index contributed by atoms with van der Waals surface area (Å²) in [6.07, 6.45) is 1.34. The molecule has 5 heteroatoms. The molecule has 5 nitrogen and oxygen atoms in total. The third kappa shape index (κ3) is 3.43. The molecule has 0 unspecified atom stereocenters. The number of aryl methyl sites for hydroxylation is 1. The Bertz CT molecular complexity index is 724. The standard InChI is InChI=1S/C19H22N2O3/c1-4-6-15-17(19(22)23-5-2)16(14(11-20)18(21)24-15)13-9-7-12(3)8-10-13/h7-10,16H,4-6,21H2,1-3H3/t16-/m1/s1. The Morgan fingerprint density at radius 2 is 2.00 bits per heavy atom. The lowest BCUT2D eigenvalue weighted by Gasteiger charge is -2.28. The smallest absolute Gasteiger partial charge is 0.338 e. The minimum absolute atomic E-state index is 0.0552. The van der Waals surface area contributed by atoms with Crippen molar-refractivity contribution in [3.05, 3.63) is 58.2 Å². The molecule has 0 radical (unpaired) electrons. The van der Waals surface area contributed by atoms with Gasteiger partial charge in [-0.3, -0.25) is 0 Å². The summed E-state index contributed by atoms with van der Waals surface area (Å²) in [5.41, 5.74) is 8.47. The fourth-order valence-corrected chi connectivity index (χ4v) is 2.76. The van der Waals surface area contributed by atoms with Crippen molar-refractivity contribution in [3.63, 3.8) is 0 Å². The zero-order valence-corrected chi connectivity index (χ0v) is 14.3. The maximum absolute atomic E-state index is 12.6. The predicted molar refractivity (Wildman–Crippen MR) is 90.4 cm³/mol. The van der Waals surface area contributed by atoms with Crippen molar-refractivity contribution in [1.82, 2.24) is 0 Å². The van der Waals surface area contributed by atoms with Crippen LogP contribution in [0.3, 0.4) is 0 Å². The number of benzene rings is 1. The topological polar surface area (TPSA) is 85.3 Å². The lowest BCUT2D eigenvalue weighted by Crippen LogP contribution is -2.26. The molecule has 24 heavy (non-hydrogen) atoms. The van der Waals surface area contributed by atoms with Gasteiger partial charge < -0.3 is 15.2 Å². The molecule has 1 aromatic carbocycles. The maximum atomic E-state index is 12.6. The van der Waals surface area contributed by atoms with Crippen LogP contribution in [0.5, 0.6) is 0 Å². The van der Waals surface area contributed by atoms with Gasteiger partial charge in [0.05, 0.1) is 18.1 Å². The highest BCUT2D eigenvalue weighted by Crippen LogP contribution is 2.40. The minimum atomic E-state index is -0.565. The van der Waals surface area contributed by atoms with Crippen LogP contribution in [0.25, 0.3) is 0 Å². The van der Waals surface area contributed by atoms with Gasteiger partial charge in [-0.15, -0.1) is 0 Å². The van der Waals surface area contributed by atoms with Crippen molar-refractivity contribution < 1.29 is 14.3 Å². The van der Waals surface area contributed by atoms with Crippen LogP contribution in [-0.2, 0) is 14.3 Å². The Balaban J connectivity index is 2.63. The maximum Gasteiger partial charge on any atom is 0.338 e. The molecular formula is C19H22N2O3. The lowest BCUT2D eigenvalue weighted by atomic mass is 9.82. The number of hydrogen-bond acceptors (Lipinski definition) is 5. The Kier molecular flexibility index (Phi) is 5.64. The SMILES string of the molecule is CCCC1=C(C(=O)OCC)[C@H](c2ccc(C)cc2)C(C#N)=C(N)O1. The highest BCUT2D eigenvalue weighted by atomic mass is 16.5. The van der Waals surface area contributed by atoms with Crippen molar-refractivity contribution in [2.45, 2.75) is 39.5 Å². The van der Waals surface area contributed by atoms with E-state index < -0.39 is 11.9 Å². The summed E-state index contributed by atoms with van der Waals surface area (Å²) < 4.78 is 10.8. The van der Waals surface area contributed by atoms with Gasteiger partial charge >= 0.3 is 5.97 Å². The van der Waals surface area contributed by atoms with Crippen LogP contribution in [0.2, 0.25) is 0 Å². The van der Waals surface area contributed by atoms with Crippen molar-refractivity contribution >= 4 is 5.97 Å². The molecule has 1 aliphatic rings. The summed E-state index contributed by atoms with van der Waals surface area (Å²) in [6, 6.07) is 9.78. The van der Waals surface area contributed by atoms with Crippen LogP contribution in [0.1, 0.15) is 43.7 Å². The molecule has 1 aliphatic heterocycles. The van der Waals surface area contributed by atoms with E-state index in [-0.39, 0.29) is 18.1 Å². The van der Waals surface area contributed by atoms with Crippen molar-refractivity contribution in [2.24, 2.45) is 5.73 Å². The van der Waals surface area contributed by atoms with Gasteiger partial charge in [0.1, 0.15) is 17.4 Å². The molecule has 2 rings (SSSR count). The van der Waals surface area contributed by atoms with Crippen molar-refractivity contribution in [2.75, 3.05) is 6.61 Å². The Morgan fingerprint density at radius 3 is 2.54 bits per heavy atom. The molecule has 126 valence electrons. The summed E-state index contributed by atoms with van der Waals surface area (Å²) in [6.45, 7) is 5.97. The number of rotatable bonds is 5. The average molecular weight is 326 g/mol. The van der Waals surface area contributed by atoms with Crippen LogP contribution >= 0.6 is 0 Å².